The van der Waals surface area contributed by atoms with Crippen LogP contribution in [0.2, 0.25) is 0 Å². The minimum Gasteiger partial charge on any atom is -0.298 e. The number of benzene rings is 1. The maximum Gasteiger partial charge on any atom is 0.146 e. The lowest BCUT2D eigenvalue weighted by Gasteiger charge is -2.05. The molecule has 1 nitrogen and oxygen atoms in total. The number of thiophene rings is 1. The second-order valence-corrected chi connectivity index (χ2v) is 4.72. The Morgan fingerprint density at radius 1 is 1.47 bits per heavy atom. The molecule has 0 aliphatic carbocycles. The van der Waals surface area contributed by atoms with Gasteiger partial charge in [0.2, 0.25) is 0 Å². The van der Waals surface area contributed by atoms with Crippen molar-refractivity contribution in [2.24, 2.45) is 0 Å². The molecular formula is C13H12OS. The number of hydrogen-bond acceptors (Lipinski definition) is 2. The van der Waals surface area contributed by atoms with E-state index < -0.39 is 0 Å². The summed E-state index contributed by atoms with van der Waals surface area (Å²) in [5.74, 6) is 0.125. The average molecular weight is 216 g/mol. The summed E-state index contributed by atoms with van der Waals surface area (Å²) in [5.41, 5.74) is 0.640. The van der Waals surface area contributed by atoms with Gasteiger partial charge >= 0.3 is 0 Å². The third-order valence-corrected chi connectivity index (χ3v) is 3.88. The normalized spacial score (nSPS) is 12.6. The van der Waals surface area contributed by atoms with Crippen molar-refractivity contribution in [3.8, 4) is 0 Å². The molecule has 0 N–H and O–H groups in total. The summed E-state index contributed by atoms with van der Waals surface area (Å²) in [6.07, 6.45) is 0.842. The molecule has 0 spiro atoms. The standard InChI is InChI=1S/C13H12OS/c1-9(8-14)10(2)13-7-11-5-3-4-6-12(11)15-13/h3-8,10H,1H2,2H3. The van der Waals surface area contributed by atoms with Gasteiger partial charge in [-0.2, -0.15) is 0 Å². The van der Waals surface area contributed by atoms with E-state index in [9.17, 15) is 4.79 Å². The van der Waals surface area contributed by atoms with Crippen LogP contribution >= 0.6 is 11.3 Å². The molecule has 2 rings (SSSR count). The zero-order valence-corrected chi connectivity index (χ0v) is 9.38. The minimum atomic E-state index is 0.125. The van der Waals surface area contributed by atoms with Crippen molar-refractivity contribution in [2.75, 3.05) is 0 Å². The van der Waals surface area contributed by atoms with Crippen molar-refractivity contribution in [2.45, 2.75) is 12.8 Å². The highest BCUT2D eigenvalue weighted by molar-refractivity contribution is 7.19. The molecule has 2 aromatic rings. The van der Waals surface area contributed by atoms with Crippen LogP contribution < -0.4 is 0 Å². The van der Waals surface area contributed by atoms with Gasteiger partial charge in [-0.1, -0.05) is 31.7 Å². The van der Waals surface area contributed by atoms with Crippen LogP contribution in [0.25, 0.3) is 10.1 Å². The SMILES string of the molecule is C=C(C=O)C(C)c1cc2ccccc2s1. The van der Waals surface area contributed by atoms with Crippen molar-refractivity contribution in [1.82, 2.24) is 0 Å². The van der Waals surface area contributed by atoms with Gasteiger partial charge in [-0.25, -0.2) is 0 Å². The second-order valence-electron chi connectivity index (χ2n) is 3.60. The van der Waals surface area contributed by atoms with E-state index in [1.54, 1.807) is 11.3 Å². The molecule has 0 bridgehead atoms. The Morgan fingerprint density at radius 3 is 2.87 bits per heavy atom. The molecule has 15 heavy (non-hydrogen) atoms. The van der Waals surface area contributed by atoms with Gasteiger partial charge in [0.15, 0.2) is 0 Å². The lowest BCUT2D eigenvalue weighted by Crippen LogP contribution is -1.94. The summed E-state index contributed by atoms with van der Waals surface area (Å²) in [7, 11) is 0. The van der Waals surface area contributed by atoms with Gasteiger partial charge in [0, 0.05) is 15.5 Å². The fraction of sp³-hybridized carbons (Fsp3) is 0.154. The maximum atomic E-state index is 10.6. The maximum absolute atomic E-state index is 10.6. The van der Waals surface area contributed by atoms with Crippen molar-refractivity contribution in [1.29, 1.82) is 0 Å². The Labute approximate surface area is 93.1 Å². The topological polar surface area (TPSA) is 17.1 Å². The number of rotatable bonds is 3. The van der Waals surface area contributed by atoms with E-state index in [2.05, 4.69) is 24.8 Å². The van der Waals surface area contributed by atoms with Gasteiger partial charge in [0.1, 0.15) is 6.29 Å². The lowest BCUT2D eigenvalue weighted by atomic mass is 10.0. The summed E-state index contributed by atoms with van der Waals surface area (Å²) in [6, 6.07) is 10.4. The summed E-state index contributed by atoms with van der Waals surface area (Å²) in [6.45, 7) is 5.77. The molecule has 1 atom stereocenters. The minimum absolute atomic E-state index is 0.125. The highest BCUT2D eigenvalue weighted by atomic mass is 32.1. The zero-order chi connectivity index (χ0) is 10.8. The smallest absolute Gasteiger partial charge is 0.146 e. The number of carbonyl (C=O) groups excluding carboxylic acids is 1. The Balaban J connectivity index is 2.44. The monoisotopic (exact) mass is 216 g/mol. The first-order valence-corrected chi connectivity index (χ1v) is 5.66. The first-order chi connectivity index (χ1) is 7.22. The predicted octanol–water partition coefficient (Wildman–Crippen LogP) is 3.76. The van der Waals surface area contributed by atoms with Crippen LogP contribution in [0.15, 0.2) is 42.5 Å². The largest absolute Gasteiger partial charge is 0.298 e. The average Bonchev–Trinajstić information content (AvgIpc) is 2.70. The first kappa shape index (κ1) is 10.1. The van der Waals surface area contributed by atoms with E-state index in [0.29, 0.717) is 5.57 Å². The molecular weight excluding hydrogens is 204 g/mol. The third-order valence-electron chi connectivity index (χ3n) is 2.58. The molecule has 1 unspecified atom stereocenters. The molecule has 0 saturated heterocycles. The van der Waals surface area contributed by atoms with Gasteiger partial charge in [0.05, 0.1) is 0 Å². The van der Waals surface area contributed by atoms with E-state index in [1.807, 2.05) is 19.1 Å². The van der Waals surface area contributed by atoms with Crippen molar-refractivity contribution >= 4 is 27.7 Å². The molecule has 1 aromatic carbocycles. The van der Waals surface area contributed by atoms with E-state index >= 15 is 0 Å². The molecule has 0 saturated carbocycles. The Kier molecular flexibility index (Phi) is 2.69. The first-order valence-electron chi connectivity index (χ1n) is 4.85. The van der Waals surface area contributed by atoms with E-state index in [0.717, 1.165) is 6.29 Å². The van der Waals surface area contributed by atoms with Crippen LogP contribution in [0.1, 0.15) is 17.7 Å². The van der Waals surface area contributed by atoms with Crippen molar-refractivity contribution in [3.05, 3.63) is 47.4 Å². The van der Waals surface area contributed by atoms with E-state index in [-0.39, 0.29) is 5.92 Å². The van der Waals surface area contributed by atoms with Crippen molar-refractivity contribution < 1.29 is 4.79 Å². The van der Waals surface area contributed by atoms with Crippen LogP contribution in [-0.4, -0.2) is 6.29 Å². The molecule has 0 radical (unpaired) electrons. The van der Waals surface area contributed by atoms with Gasteiger partial charge in [-0.05, 0) is 23.1 Å². The molecule has 2 heteroatoms. The molecule has 0 aliphatic heterocycles. The molecule has 0 amide bonds. The lowest BCUT2D eigenvalue weighted by molar-refractivity contribution is -0.105. The second kappa shape index (κ2) is 3.99. The molecule has 0 fully saturated rings. The highest BCUT2D eigenvalue weighted by Gasteiger charge is 2.11. The number of aldehydes is 1. The molecule has 76 valence electrons. The number of carbonyl (C=O) groups is 1. The molecule has 0 aliphatic rings. The van der Waals surface area contributed by atoms with E-state index in [4.69, 9.17) is 0 Å². The van der Waals surface area contributed by atoms with Crippen LogP contribution in [0.4, 0.5) is 0 Å². The fourth-order valence-electron chi connectivity index (χ4n) is 1.50. The Hall–Kier alpha value is -1.41. The summed E-state index contributed by atoms with van der Waals surface area (Å²) in [4.78, 5) is 11.8. The summed E-state index contributed by atoms with van der Waals surface area (Å²) in [5, 5.41) is 1.24. The fourth-order valence-corrected chi connectivity index (χ4v) is 2.66. The Morgan fingerprint density at radius 2 is 2.20 bits per heavy atom. The van der Waals surface area contributed by atoms with Crippen LogP contribution in [-0.2, 0) is 4.79 Å². The van der Waals surface area contributed by atoms with Crippen LogP contribution in [0.3, 0.4) is 0 Å². The quantitative estimate of drug-likeness (QED) is 0.564. The zero-order valence-electron chi connectivity index (χ0n) is 8.57. The van der Waals surface area contributed by atoms with Crippen LogP contribution in [0.5, 0.6) is 0 Å². The van der Waals surface area contributed by atoms with Crippen LogP contribution in [0, 0.1) is 0 Å². The van der Waals surface area contributed by atoms with Gasteiger partial charge < -0.3 is 0 Å². The number of fused-ring (bicyclic) bond motifs is 1. The number of allylic oxidation sites excluding steroid dienone is 1. The van der Waals surface area contributed by atoms with E-state index in [1.165, 1.54) is 15.0 Å². The van der Waals surface area contributed by atoms with Gasteiger partial charge in [-0.3, -0.25) is 4.79 Å². The summed E-state index contributed by atoms with van der Waals surface area (Å²) >= 11 is 1.73. The van der Waals surface area contributed by atoms with Crippen molar-refractivity contribution in [3.63, 3.8) is 0 Å². The highest BCUT2D eigenvalue weighted by Crippen LogP contribution is 2.33. The molecule has 1 heterocycles. The van der Waals surface area contributed by atoms with Gasteiger partial charge in [0.25, 0.3) is 0 Å². The third kappa shape index (κ3) is 1.85. The van der Waals surface area contributed by atoms with Gasteiger partial charge in [-0.15, -0.1) is 11.3 Å². The Bertz CT molecular complexity index is 477. The summed E-state index contributed by atoms with van der Waals surface area (Å²) < 4.78 is 1.26. The predicted molar refractivity (Wildman–Crippen MR) is 65.4 cm³/mol. The number of hydrogen-bond donors (Lipinski definition) is 0. The molecule has 1 aromatic heterocycles.